The van der Waals surface area contributed by atoms with Gasteiger partial charge in [0.25, 0.3) is 5.91 Å². The number of anilines is 1. The molecule has 6 nitrogen and oxygen atoms in total. The lowest BCUT2D eigenvalue weighted by molar-refractivity contribution is -0.0704. The molecule has 2 aromatic rings. The van der Waals surface area contributed by atoms with E-state index in [0.717, 1.165) is 51.4 Å². The fourth-order valence-electron chi connectivity index (χ4n) is 4.73. The van der Waals surface area contributed by atoms with Gasteiger partial charge in [0.05, 0.1) is 12.2 Å². The quantitative estimate of drug-likeness (QED) is 0.755. The molecule has 2 fully saturated rings. The van der Waals surface area contributed by atoms with Crippen LogP contribution in [0.2, 0.25) is 0 Å². The van der Waals surface area contributed by atoms with Crippen LogP contribution in [0.3, 0.4) is 0 Å². The zero-order valence-electron chi connectivity index (χ0n) is 19.6. The average molecular weight is 437 g/mol. The van der Waals surface area contributed by atoms with Crippen molar-refractivity contribution in [3.05, 3.63) is 65.2 Å². The number of piperazine rings is 1. The second-order valence-electron chi connectivity index (χ2n) is 9.25. The van der Waals surface area contributed by atoms with Crippen LogP contribution in [0.15, 0.2) is 48.5 Å². The van der Waals surface area contributed by atoms with E-state index in [1.54, 1.807) is 0 Å². The molecule has 2 heterocycles. The Balaban J connectivity index is 1.33. The molecule has 2 saturated heterocycles. The van der Waals surface area contributed by atoms with Gasteiger partial charge in [-0.3, -0.25) is 9.69 Å². The molecule has 0 radical (unpaired) electrons. The molecule has 2 aromatic carbocycles. The molecule has 0 bridgehead atoms. The largest absolute Gasteiger partial charge is 0.373 e. The lowest BCUT2D eigenvalue weighted by Gasteiger charge is -2.35. The van der Waals surface area contributed by atoms with Crippen LogP contribution in [-0.2, 0) is 17.8 Å². The highest BCUT2D eigenvalue weighted by Gasteiger charge is 2.22. The maximum atomic E-state index is 12.8. The second kappa shape index (κ2) is 10.5. The SMILES string of the molecule is CC1CN(Cc2ccc(C(=O)NCc3ccccc3N3CCN(C)CC3)cc2)CC(C)O1. The number of rotatable bonds is 6. The fourth-order valence-corrected chi connectivity index (χ4v) is 4.73. The zero-order chi connectivity index (χ0) is 22.5. The molecule has 0 saturated carbocycles. The summed E-state index contributed by atoms with van der Waals surface area (Å²) in [5, 5.41) is 3.11. The summed E-state index contributed by atoms with van der Waals surface area (Å²) >= 11 is 0. The van der Waals surface area contributed by atoms with E-state index < -0.39 is 0 Å². The van der Waals surface area contributed by atoms with Gasteiger partial charge in [-0.1, -0.05) is 30.3 Å². The van der Waals surface area contributed by atoms with E-state index in [9.17, 15) is 4.79 Å². The van der Waals surface area contributed by atoms with Crippen LogP contribution in [-0.4, -0.2) is 74.2 Å². The second-order valence-corrected chi connectivity index (χ2v) is 9.25. The van der Waals surface area contributed by atoms with Gasteiger partial charge in [0.15, 0.2) is 0 Å². The van der Waals surface area contributed by atoms with Crippen LogP contribution in [0.5, 0.6) is 0 Å². The molecule has 0 spiro atoms. The Labute approximate surface area is 192 Å². The minimum atomic E-state index is -0.0293. The van der Waals surface area contributed by atoms with E-state index in [-0.39, 0.29) is 18.1 Å². The number of nitrogens with zero attached hydrogens (tertiary/aromatic N) is 3. The van der Waals surface area contributed by atoms with Gasteiger partial charge in [-0.05, 0) is 50.2 Å². The van der Waals surface area contributed by atoms with Gasteiger partial charge in [-0.15, -0.1) is 0 Å². The van der Waals surface area contributed by atoms with Crippen molar-refractivity contribution in [2.24, 2.45) is 0 Å². The predicted molar refractivity (Wildman–Crippen MR) is 129 cm³/mol. The van der Waals surface area contributed by atoms with E-state index in [0.29, 0.717) is 12.1 Å². The fraction of sp³-hybridized carbons (Fsp3) is 0.500. The summed E-state index contributed by atoms with van der Waals surface area (Å²) in [5.74, 6) is -0.0293. The summed E-state index contributed by atoms with van der Waals surface area (Å²) in [6.07, 6.45) is 0.523. The lowest BCUT2D eigenvalue weighted by atomic mass is 10.1. The number of ether oxygens (including phenoxy) is 1. The number of carbonyl (C=O) groups is 1. The van der Waals surface area contributed by atoms with Crippen LogP contribution < -0.4 is 10.2 Å². The topological polar surface area (TPSA) is 48.1 Å². The van der Waals surface area contributed by atoms with E-state index >= 15 is 0 Å². The highest BCUT2D eigenvalue weighted by Crippen LogP contribution is 2.22. The molecule has 4 rings (SSSR count). The molecular formula is C26H36N4O2. The minimum absolute atomic E-state index is 0.0293. The van der Waals surface area contributed by atoms with E-state index in [4.69, 9.17) is 4.74 Å². The molecule has 2 unspecified atom stereocenters. The predicted octanol–water partition coefficient (Wildman–Crippen LogP) is 2.98. The maximum Gasteiger partial charge on any atom is 0.251 e. The molecule has 2 aliphatic rings. The smallest absolute Gasteiger partial charge is 0.251 e. The van der Waals surface area contributed by atoms with Gasteiger partial charge in [-0.2, -0.15) is 0 Å². The molecule has 0 aliphatic carbocycles. The van der Waals surface area contributed by atoms with E-state index in [1.807, 2.05) is 18.2 Å². The Kier molecular flexibility index (Phi) is 7.45. The van der Waals surface area contributed by atoms with Crippen molar-refractivity contribution in [2.75, 3.05) is 51.2 Å². The maximum absolute atomic E-state index is 12.8. The van der Waals surface area contributed by atoms with Crippen LogP contribution >= 0.6 is 0 Å². The van der Waals surface area contributed by atoms with Crippen LogP contribution in [0.25, 0.3) is 0 Å². The van der Waals surface area contributed by atoms with Crippen LogP contribution in [0.1, 0.15) is 35.3 Å². The van der Waals surface area contributed by atoms with Gasteiger partial charge in [0, 0.05) is 63.6 Å². The number of benzene rings is 2. The van der Waals surface area contributed by atoms with E-state index in [1.165, 1.54) is 11.3 Å². The van der Waals surface area contributed by atoms with Crippen molar-refractivity contribution in [1.29, 1.82) is 0 Å². The number of nitrogens with one attached hydrogen (secondary N) is 1. The molecule has 6 heteroatoms. The third-order valence-corrected chi connectivity index (χ3v) is 6.39. The van der Waals surface area contributed by atoms with Gasteiger partial charge in [0.2, 0.25) is 0 Å². The van der Waals surface area contributed by atoms with Gasteiger partial charge in [0.1, 0.15) is 0 Å². The summed E-state index contributed by atoms with van der Waals surface area (Å²) < 4.78 is 5.82. The van der Waals surface area contributed by atoms with Gasteiger partial charge >= 0.3 is 0 Å². The highest BCUT2D eigenvalue weighted by molar-refractivity contribution is 5.94. The zero-order valence-corrected chi connectivity index (χ0v) is 19.6. The van der Waals surface area contributed by atoms with E-state index in [2.05, 4.69) is 71.2 Å². The summed E-state index contributed by atoms with van der Waals surface area (Å²) in [4.78, 5) is 20.0. The molecule has 2 aliphatic heterocycles. The summed E-state index contributed by atoms with van der Waals surface area (Å²) in [6, 6.07) is 16.4. The number of hydrogen-bond acceptors (Lipinski definition) is 5. The van der Waals surface area contributed by atoms with Crippen molar-refractivity contribution in [3.8, 4) is 0 Å². The van der Waals surface area contributed by atoms with Gasteiger partial charge < -0.3 is 19.9 Å². The molecular weight excluding hydrogens is 400 g/mol. The first-order valence-corrected chi connectivity index (χ1v) is 11.7. The number of morpholine rings is 1. The molecule has 0 aromatic heterocycles. The van der Waals surface area contributed by atoms with Crippen molar-refractivity contribution in [2.45, 2.75) is 39.1 Å². The molecule has 2 atom stereocenters. The number of carbonyl (C=O) groups excluding carboxylic acids is 1. The van der Waals surface area contributed by atoms with Gasteiger partial charge in [-0.25, -0.2) is 0 Å². The molecule has 1 N–H and O–H groups in total. The Morgan fingerprint density at radius 1 is 0.969 bits per heavy atom. The Morgan fingerprint density at radius 3 is 2.31 bits per heavy atom. The molecule has 1 amide bonds. The van der Waals surface area contributed by atoms with Crippen molar-refractivity contribution < 1.29 is 9.53 Å². The monoisotopic (exact) mass is 436 g/mol. The first-order valence-electron chi connectivity index (χ1n) is 11.7. The summed E-state index contributed by atoms with van der Waals surface area (Å²) in [5.41, 5.74) is 4.32. The van der Waals surface area contributed by atoms with Crippen LogP contribution in [0.4, 0.5) is 5.69 Å². The number of hydrogen-bond donors (Lipinski definition) is 1. The van der Waals surface area contributed by atoms with Crippen molar-refractivity contribution in [3.63, 3.8) is 0 Å². The molecule has 172 valence electrons. The highest BCUT2D eigenvalue weighted by atomic mass is 16.5. The Bertz CT molecular complexity index is 883. The lowest BCUT2D eigenvalue weighted by Crippen LogP contribution is -2.45. The molecule has 32 heavy (non-hydrogen) atoms. The number of likely N-dealkylation sites (N-methyl/N-ethyl adjacent to an activating group) is 1. The number of para-hydroxylation sites is 1. The summed E-state index contributed by atoms with van der Waals surface area (Å²) in [6.45, 7) is 11.7. The third kappa shape index (κ3) is 5.88. The first-order chi connectivity index (χ1) is 15.5. The van der Waals surface area contributed by atoms with Crippen molar-refractivity contribution >= 4 is 11.6 Å². The average Bonchev–Trinajstić information content (AvgIpc) is 2.78. The Morgan fingerprint density at radius 2 is 1.62 bits per heavy atom. The standard InChI is InChI=1S/C26H36N4O2/c1-20-17-29(18-21(2)32-20)19-22-8-10-23(11-9-22)26(31)27-16-24-6-4-5-7-25(24)30-14-12-28(3)13-15-30/h4-11,20-21H,12-19H2,1-3H3,(H,27,31). The third-order valence-electron chi connectivity index (χ3n) is 6.39. The van der Waals surface area contributed by atoms with Crippen LogP contribution in [0, 0.1) is 0 Å². The van der Waals surface area contributed by atoms with Crippen molar-refractivity contribution in [1.82, 2.24) is 15.1 Å². The Hall–Kier alpha value is -2.41. The summed E-state index contributed by atoms with van der Waals surface area (Å²) in [7, 11) is 2.16. The minimum Gasteiger partial charge on any atom is -0.373 e. The first kappa shape index (κ1) is 22.8. The normalized spacial score (nSPS) is 22.7. The number of amides is 1.